The number of aromatic nitrogens is 6. The van der Waals surface area contributed by atoms with E-state index in [1.54, 1.807) is 0 Å². The van der Waals surface area contributed by atoms with E-state index in [0.29, 0.717) is 0 Å². The zero-order valence-electron chi connectivity index (χ0n) is 17.8. The minimum Gasteiger partial charge on any atom is -0.248 e. The minimum atomic E-state index is -0.296. The van der Waals surface area contributed by atoms with E-state index in [9.17, 15) is 0 Å². The van der Waals surface area contributed by atoms with Gasteiger partial charge in [0.1, 0.15) is 16.9 Å². The smallest absolute Gasteiger partial charge is 0.113 e. The topological polar surface area (TPSA) is 61.4 Å². The molecule has 2 aromatic heterocycles. The first kappa shape index (κ1) is 19.7. The van der Waals surface area contributed by atoms with Gasteiger partial charge in [0.05, 0.1) is 18.9 Å². The standard InChI is InChI=1S/C25H28N6/c1-2-10-16-25(17-11-3-1,31-19-23(26-29-31)22-14-8-5-9-15-22)24-20-30(28-27-24)18-21-12-6-4-7-13-21/h4-9,12-15,19-20H,1-3,10-11,16-18H2. The van der Waals surface area contributed by atoms with Crippen LogP contribution >= 0.6 is 0 Å². The maximum absolute atomic E-state index is 4.66. The molecular weight excluding hydrogens is 384 g/mol. The van der Waals surface area contributed by atoms with Crippen LogP contribution in [0.1, 0.15) is 56.2 Å². The van der Waals surface area contributed by atoms with E-state index < -0.39 is 0 Å². The van der Waals surface area contributed by atoms with E-state index in [1.165, 1.54) is 24.8 Å². The fraction of sp³-hybridized carbons (Fsp3) is 0.360. The van der Waals surface area contributed by atoms with Gasteiger partial charge in [-0.25, -0.2) is 9.36 Å². The molecule has 0 atom stereocenters. The predicted molar refractivity (Wildman–Crippen MR) is 120 cm³/mol. The minimum absolute atomic E-state index is 0.296. The number of benzene rings is 2. The van der Waals surface area contributed by atoms with Crippen molar-refractivity contribution in [2.45, 2.75) is 57.0 Å². The van der Waals surface area contributed by atoms with Crippen LogP contribution in [0.5, 0.6) is 0 Å². The van der Waals surface area contributed by atoms with Gasteiger partial charge in [0.15, 0.2) is 0 Å². The van der Waals surface area contributed by atoms with E-state index in [-0.39, 0.29) is 5.54 Å². The summed E-state index contributed by atoms with van der Waals surface area (Å²) < 4.78 is 4.01. The third-order valence-electron chi connectivity index (χ3n) is 6.39. The second-order valence-electron chi connectivity index (χ2n) is 8.50. The van der Waals surface area contributed by atoms with Crippen molar-refractivity contribution in [1.29, 1.82) is 0 Å². The third-order valence-corrected chi connectivity index (χ3v) is 6.39. The Kier molecular flexibility index (Phi) is 5.61. The quantitative estimate of drug-likeness (QED) is 0.459. The zero-order chi connectivity index (χ0) is 20.9. The van der Waals surface area contributed by atoms with Crippen molar-refractivity contribution >= 4 is 0 Å². The van der Waals surface area contributed by atoms with Gasteiger partial charge in [0.2, 0.25) is 0 Å². The van der Waals surface area contributed by atoms with Gasteiger partial charge >= 0.3 is 0 Å². The lowest BCUT2D eigenvalue weighted by Crippen LogP contribution is -2.37. The van der Waals surface area contributed by atoms with Crippen LogP contribution in [-0.4, -0.2) is 30.0 Å². The maximum Gasteiger partial charge on any atom is 0.113 e. The van der Waals surface area contributed by atoms with Crippen molar-refractivity contribution in [3.63, 3.8) is 0 Å². The molecule has 4 aromatic rings. The lowest BCUT2D eigenvalue weighted by atomic mass is 9.81. The molecule has 5 rings (SSSR count). The predicted octanol–water partition coefficient (Wildman–Crippen LogP) is 5.07. The Morgan fingerprint density at radius 3 is 2.13 bits per heavy atom. The fourth-order valence-electron chi connectivity index (χ4n) is 4.67. The molecule has 0 bridgehead atoms. The van der Waals surface area contributed by atoms with Crippen LogP contribution in [0.15, 0.2) is 73.1 Å². The van der Waals surface area contributed by atoms with Crippen LogP contribution in [0.25, 0.3) is 11.3 Å². The van der Waals surface area contributed by atoms with Crippen LogP contribution in [0.2, 0.25) is 0 Å². The van der Waals surface area contributed by atoms with Crippen LogP contribution in [0, 0.1) is 0 Å². The molecule has 0 saturated heterocycles. The number of hydrogen-bond donors (Lipinski definition) is 0. The van der Waals surface area contributed by atoms with Gasteiger partial charge in [-0.2, -0.15) is 0 Å². The first-order valence-electron chi connectivity index (χ1n) is 11.3. The van der Waals surface area contributed by atoms with Crippen LogP contribution < -0.4 is 0 Å². The normalized spacial score (nSPS) is 16.5. The Balaban J connectivity index is 1.51. The van der Waals surface area contributed by atoms with Gasteiger partial charge in [0.25, 0.3) is 0 Å². The Morgan fingerprint density at radius 2 is 1.39 bits per heavy atom. The highest BCUT2D eigenvalue weighted by Gasteiger charge is 2.38. The fourth-order valence-corrected chi connectivity index (χ4v) is 4.67. The lowest BCUT2D eigenvalue weighted by molar-refractivity contribution is 0.232. The van der Waals surface area contributed by atoms with Gasteiger partial charge in [-0.15, -0.1) is 10.2 Å². The van der Waals surface area contributed by atoms with Crippen molar-refractivity contribution in [1.82, 2.24) is 30.0 Å². The molecule has 6 heteroatoms. The molecule has 0 aliphatic heterocycles. The van der Waals surface area contributed by atoms with Crippen LogP contribution in [0.4, 0.5) is 0 Å². The van der Waals surface area contributed by atoms with Crippen molar-refractivity contribution in [3.8, 4) is 11.3 Å². The van der Waals surface area contributed by atoms with Crippen molar-refractivity contribution in [2.75, 3.05) is 0 Å². The molecule has 1 saturated carbocycles. The van der Waals surface area contributed by atoms with Crippen molar-refractivity contribution in [3.05, 3.63) is 84.3 Å². The molecule has 0 spiro atoms. The summed E-state index contributed by atoms with van der Waals surface area (Å²) in [6.45, 7) is 0.719. The summed E-state index contributed by atoms with van der Waals surface area (Å²) in [4.78, 5) is 0. The van der Waals surface area contributed by atoms with E-state index in [1.807, 2.05) is 28.9 Å². The molecule has 31 heavy (non-hydrogen) atoms. The number of hydrogen-bond acceptors (Lipinski definition) is 4. The van der Waals surface area contributed by atoms with E-state index >= 15 is 0 Å². The Bertz CT molecular complexity index is 1090. The second kappa shape index (κ2) is 8.84. The number of rotatable bonds is 5. The van der Waals surface area contributed by atoms with Crippen molar-refractivity contribution < 1.29 is 0 Å². The average molecular weight is 413 g/mol. The molecule has 6 nitrogen and oxygen atoms in total. The Labute approximate surface area is 182 Å². The number of nitrogens with zero attached hydrogens (tertiary/aromatic N) is 6. The molecule has 158 valence electrons. The summed E-state index contributed by atoms with van der Waals surface area (Å²) in [5.41, 5.74) is 3.91. The highest BCUT2D eigenvalue weighted by molar-refractivity contribution is 5.57. The third kappa shape index (κ3) is 4.15. The molecule has 2 heterocycles. The highest BCUT2D eigenvalue weighted by atomic mass is 15.5. The lowest BCUT2D eigenvalue weighted by Gasteiger charge is -2.33. The zero-order valence-corrected chi connectivity index (χ0v) is 17.8. The largest absolute Gasteiger partial charge is 0.248 e. The molecule has 0 amide bonds. The SMILES string of the molecule is c1ccc(Cn2cc(C3(n4cc(-c5ccccc5)nn4)CCCCCCC3)nn2)cc1. The summed E-state index contributed by atoms with van der Waals surface area (Å²) in [6, 6.07) is 20.7. The molecule has 0 unspecified atom stereocenters. The maximum atomic E-state index is 4.66. The second-order valence-corrected chi connectivity index (χ2v) is 8.50. The van der Waals surface area contributed by atoms with E-state index in [4.69, 9.17) is 0 Å². The first-order valence-corrected chi connectivity index (χ1v) is 11.3. The summed E-state index contributed by atoms with van der Waals surface area (Å²) in [7, 11) is 0. The van der Waals surface area contributed by atoms with Gasteiger partial charge < -0.3 is 0 Å². The first-order chi connectivity index (χ1) is 15.3. The summed E-state index contributed by atoms with van der Waals surface area (Å²) in [5.74, 6) is 0. The molecule has 2 aromatic carbocycles. The van der Waals surface area contributed by atoms with Gasteiger partial charge in [-0.1, -0.05) is 103 Å². The summed E-state index contributed by atoms with van der Waals surface area (Å²) in [6.07, 6.45) is 12.3. The Hall–Kier alpha value is -3.28. The molecule has 0 radical (unpaired) electrons. The van der Waals surface area contributed by atoms with E-state index in [2.05, 4.69) is 74.1 Å². The van der Waals surface area contributed by atoms with Gasteiger partial charge in [-0.3, -0.25) is 0 Å². The highest BCUT2D eigenvalue weighted by Crippen LogP contribution is 2.38. The summed E-state index contributed by atoms with van der Waals surface area (Å²) >= 11 is 0. The van der Waals surface area contributed by atoms with Crippen molar-refractivity contribution in [2.24, 2.45) is 0 Å². The molecular formula is C25H28N6. The van der Waals surface area contributed by atoms with Crippen LogP contribution in [0.3, 0.4) is 0 Å². The summed E-state index contributed by atoms with van der Waals surface area (Å²) in [5, 5.41) is 18.3. The molecule has 1 aliphatic rings. The molecule has 1 fully saturated rings. The van der Waals surface area contributed by atoms with E-state index in [0.717, 1.165) is 49.2 Å². The van der Waals surface area contributed by atoms with Gasteiger partial charge in [0, 0.05) is 5.56 Å². The average Bonchev–Trinajstić information content (AvgIpc) is 3.46. The van der Waals surface area contributed by atoms with Gasteiger partial charge in [-0.05, 0) is 18.4 Å². The monoisotopic (exact) mass is 412 g/mol. The van der Waals surface area contributed by atoms with Crippen LogP contribution in [-0.2, 0) is 12.1 Å². The molecule has 0 N–H and O–H groups in total. The molecule has 1 aliphatic carbocycles. The Morgan fingerprint density at radius 1 is 0.710 bits per heavy atom.